The average molecular weight is 370 g/mol. The van der Waals surface area contributed by atoms with Gasteiger partial charge in [0.2, 0.25) is 5.91 Å². The van der Waals surface area contributed by atoms with E-state index in [2.05, 4.69) is 40.2 Å². The molecule has 1 fully saturated rings. The molecular weight excluding hydrogens is 350 g/mol. The molecule has 0 unspecified atom stereocenters. The zero-order valence-corrected chi connectivity index (χ0v) is 15.4. The summed E-state index contributed by atoms with van der Waals surface area (Å²) in [4.78, 5) is 23.7. The summed E-state index contributed by atoms with van der Waals surface area (Å²) in [5.41, 5.74) is 4.04. The van der Waals surface area contributed by atoms with Crippen molar-refractivity contribution in [3.05, 3.63) is 58.2 Å². The molecule has 0 spiro atoms. The summed E-state index contributed by atoms with van der Waals surface area (Å²) in [5, 5.41) is 2.04. The van der Waals surface area contributed by atoms with Gasteiger partial charge in [0, 0.05) is 36.7 Å². The minimum atomic E-state index is 0.203. The van der Waals surface area contributed by atoms with Gasteiger partial charge in [-0.2, -0.15) is 0 Å². The van der Waals surface area contributed by atoms with Gasteiger partial charge in [-0.25, -0.2) is 4.98 Å². The third kappa shape index (κ3) is 3.60. The molecule has 6 heteroatoms. The summed E-state index contributed by atoms with van der Waals surface area (Å²) in [6, 6.07) is 14.5. The van der Waals surface area contributed by atoms with E-state index in [0.29, 0.717) is 6.42 Å². The number of thiophene rings is 1. The van der Waals surface area contributed by atoms with Crippen LogP contribution < -0.4 is 4.90 Å². The largest absolute Gasteiger partial charge is 0.368 e. The molecule has 1 aliphatic rings. The van der Waals surface area contributed by atoms with Crippen molar-refractivity contribution in [3.63, 3.8) is 0 Å². The van der Waals surface area contributed by atoms with Crippen LogP contribution in [0.2, 0.25) is 0 Å². The number of hydrogen-bond acceptors (Lipinski definition) is 5. The molecule has 0 saturated carbocycles. The molecule has 4 rings (SSSR count). The van der Waals surface area contributed by atoms with Gasteiger partial charge in [-0.3, -0.25) is 4.79 Å². The SMILES string of the molecule is O=C(Cc1scnc1-c1cccs1)N1CCN(c2ccccc2)CC1. The Morgan fingerprint density at radius 3 is 2.52 bits per heavy atom. The van der Waals surface area contributed by atoms with Crippen molar-refractivity contribution < 1.29 is 4.79 Å². The van der Waals surface area contributed by atoms with E-state index < -0.39 is 0 Å². The second-order valence-electron chi connectivity index (χ2n) is 5.98. The lowest BCUT2D eigenvalue weighted by atomic mass is 10.2. The Morgan fingerprint density at radius 2 is 1.80 bits per heavy atom. The normalized spacial score (nSPS) is 14.7. The Kier molecular flexibility index (Phi) is 4.81. The Labute approximate surface area is 155 Å². The van der Waals surface area contributed by atoms with Crippen LogP contribution in [-0.2, 0) is 11.2 Å². The summed E-state index contributed by atoms with van der Waals surface area (Å²) in [6.07, 6.45) is 0.448. The molecule has 0 bridgehead atoms. The lowest BCUT2D eigenvalue weighted by molar-refractivity contribution is -0.130. The third-order valence-corrected chi connectivity index (χ3v) is 6.17. The monoisotopic (exact) mass is 369 g/mol. The van der Waals surface area contributed by atoms with Crippen LogP contribution in [0.25, 0.3) is 10.6 Å². The molecule has 4 nitrogen and oxygen atoms in total. The number of amides is 1. The van der Waals surface area contributed by atoms with E-state index in [4.69, 9.17) is 0 Å². The van der Waals surface area contributed by atoms with Gasteiger partial charge in [0.05, 0.1) is 22.5 Å². The maximum Gasteiger partial charge on any atom is 0.228 e. The van der Waals surface area contributed by atoms with E-state index in [1.54, 1.807) is 22.7 Å². The van der Waals surface area contributed by atoms with Crippen molar-refractivity contribution in [2.75, 3.05) is 31.1 Å². The molecule has 0 aliphatic carbocycles. The standard InChI is InChI=1S/C19H19N3OS2/c23-18(13-17-19(20-14-25-17)16-7-4-12-24-16)22-10-8-21(9-11-22)15-5-2-1-3-6-15/h1-7,12,14H,8-11,13H2. The second-order valence-corrected chi connectivity index (χ2v) is 7.87. The smallest absolute Gasteiger partial charge is 0.228 e. The fourth-order valence-corrected chi connectivity index (χ4v) is 4.69. The van der Waals surface area contributed by atoms with E-state index in [1.165, 1.54) is 5.69 Å². The Morgan fingerprint density at radius 1 is 1.00 bits per heavy atom. The van der Waals surface area contributed by atoms with Crippen LogP contribution in [0.15, 0.2) is 53.4 Å². The van der Waals surface area contributed by atoms with Crippen molar-refractivity contribution in [2.24, 2.45) is 0 Å². The molecule has 1 amide bonds. The highest BCUT2D eigenvalue weighted by atomic mass is 32.1. The van der Waals surface area contributed by atoms with Crippen molar-refractivity contribution in [1.29, 1.82) is 0 Å². The summed E-state index contributed by atoms with van der Waals surface area (Å²) < 4.78 is 0. The van der Waals surface area contributed by atoms with Crippen LogP contribution in [0.5, 0.6) is 0 Å². The summed E-state index contributed by atoms with van der Waals surface area (Å²) >= 11 is 3.24. The minimum Gasteiger partial charge on any atom is -0.368 e. The number of para-hydroxylation sites is 1. The van der Waals surface area contributed by atoms with Crippen molar-refractivity contribution in [3.8, 4) is 10.6 Å². The summed E-state index contributed by atoms with van der Waals surface area (Å²) in [6.45, 7) is 3.33. The average Bonchev–Trinajstić information content (AvgIpc) is 3.34. The van der Waals surface area contributed by atoms with E-state index in [9.17, 15) is 4.79 Å². The van der Waals surface area contributed by atoms with Crippen LogP contribution in [0.3, 0.4) is 0 Å². The fraction of sp³-hybridized carbons (Fsp3) is 0.263. The number of aromatic nitrogens is 1. The first-order valence-corrected chi connectivity index (χ1v) is 10.1. The molecule has 3 aromatic rings. The third-order valence-electron chi connectivity index (χ3n) is 4.46. The van der Waals surface area contributed by atoms with Crippen LogP contribution in [0, 0.1) is 0 Å². The van der Waals surface area contributed by atoms with Gasteiger partial charge in [-0.1, -0.05) is 24.3 Å². The van der Waals surface area contributed by atoms with Gasteiger partial charge in [0.15, 0.2) is 0 Å². The molecular formula is C19H19N3OS2. The number of carbonyl (C=O) groups excluding carboxylic acids is 1. The first-order chi connectivity index (χ1) is 12.3. The fourth-order valence-electron chi connectivity index (χ4n) is 3.11. The molecule has 0 atom stereocenters. The van der Waals surface area contributed by atoms with Crippen LogP contribution in [0.1, 0.15) is 4.88 Å². The van der Waals surface area contributed by atoms with E-state index in [-0.39, 0.29) is 5.91 Å². The lowest BCUT2D eigenvalue weighted by Gasteiger charge is -2.36. The summed E-state index contributed by atoms with van der Waals surface area (Å²) in [7, 11) is 0. The second kappa shape index (κ2) is 7.37. The van der Waals surface area contributed by atoms with Crippen molar-refractivity contribution in [1.82, 2.24) is 9.88 Å². The molecule has 0 N–H and O–H groups in total. The first-order valence-electron chi connectivity index (χ1n) is 8.35. The molecule has 25 heavy (non-hydrogen) atoms. The molecule has 1 saturated heterocycles. The highest BCUT2D eigenvalue weighted by molar-refractivity contribution is 7.14. The molecule has 0 radical (unpaired) electrons. The maximum absolute atomic E-state index is 12.7. The molecule has 3 heterocycles. The number of rotatable bonds is 4. The molecule has 1 aliphatic heterocycles. The van der Waals surface area contributed by atoms with Crippen LogP contribution in [-0.4, -0.2) is 42.0 Å². The van der Waals surface area contributed by atoms with Gasteiger partial charge in [-0.15, -0.1) is 22.7 Å². The van der Waals surface area contributed by atoms with Crippen LogP contribution in [0.4, 0.5) is 5.69 Å². The minimum absolute atomic E-state index is 0.203. The van der Waals surface area contributed by atoms with Crippen LogP contribution >= 0.6 is 22.7 Å². The zero-order chi connectivity index (χ0) is 17.1. The first kappa shape index (κ1) is 16.3. The topological polar surface area (TPSA) is 36.4 Å². The maximum atomic E-state index is 12.7. The number of hydrogen-bond donors (Lipinski definition) is 0. The lowest BCUT2D eigenvalue weighted by Crippen LogP contribution is -2.49. The number of nitrogens with zero attached hydrogens (tertiary/aromatic N) is 3. The Balaban J connectivity index is 1.38. The predicted octanol–water partition coefficient (Wildman–Crippen LogP) is 3.76. The quantitative estimate of drug-likeness (QED) is 0.702. The van der Waals surface area contributed by atoms with E-state index in [1.807, 2.05) is 27.9 Å². The molecule has 2 aromatic heterocycles. The predicted molar refractivity (Wildman–Crippen MR) is 104 cm³/mol. The highest BCUT2D eigenvalue weighted by Gasteiger charge is 2.23. The Bertz CT molecular complexity index is 821. The number of piperazine rings is 1. The number of thiazole rings is 1. The van der Waals surface area contributed by atoms with Gasteiger partial charge in [-0.05, 0) is 23.6 Å². The van der Waals surface area contributed by atoms with Gasteiger partial charge in [0.25, 0.3) is 0 Å². The molecule has 1 aromatic carbocycles. The number of anilines is 1. The van der Waals surface area contributed by atoms with Crippen molar-refractivity contribution >= 4 is 34.3 Å². The van der Waals surface area contributed by atoms with Crippen molar-refractivity contribution in [2.45, 2.75) is 6.42 Å². The van der Waals surface area contributed by atoms with E-state index in [0.717, 1.165) is 41.6 Å². The van der Waals surface area contributed by atoms with Gasteiger partial charge >= 0.3 is 0 Å². The summed E-state index contributed by atoms with van der Waals surface area (Å²) in [5.74, 6) is 0.203. The molecule has 128 valence electrons. The van der Waals surface area contributed by atoms with Gasteiger partial charge < -0.3 is 9.80 Å². The highest BCUT2D eigenvalue weighted by Crippen LogP contribution is 2.30. The number of benzene rings is 1. The zero-order valence-electron chi connectivity index (χ0n) is 13.8. The van der Waals surface area contributed by atoms with Gasteiger partial charge in [0.1, 0.15) is 0 Å². The number of carbonyl (C=O) groups is 1. The van der Waals surface area contributed by atoms with E-state index >= 15 is 0 Å². The Hall–Kier alpha value is -2.18.